The van der Waals surface area contributed by atoms with Gasteiger partial charge in [0, 0.05) is 6.04 Å². The Labute approximate surface area is 109 Å². The number of aliphatic carboxylic acids is 1. The van der Waals surface area contributed by atoms with E-state index in [2.05, 4.69) is 5.32 Å². The highest BCUT2D eigenvalue weighted by atomic mass is 16.4. The average molecular weight is 265 g/mol. The number of carbonyl (C=O) groups excluding carboxylic acids is 1. The maximum absolute atomic E-state index is 12.0. The molecule has 1 saturated carbocycles. The molecule has 1 fully saturated rings. The number of hydrogen-bond donors (Lipinski definition) is 4. The molecule has 2 atom stereocenters. The summed E-state index contributed by atoms with van der Waals surface area (Å²) in [5.41, 5.74) is -0.0592. The zero-order chi connectivity index (χ0) is 14.0. The van der Waals surface area contributed by atoms with Gasteiger partial charge < -0.3 is 20.6 Å². The van der Waals surface area contributed by atoms with Crippen molar-refractivity contribution in [3.63, 3.8) is 0 Å². The second-order valence-corrected chi connectivity index (χ2v) is 4.66. The van der Waals surface area contributed by atoms with E-state index in [9.17, 15) is 19.8 Å². The number of phenolic OH excluding ortho intramolecular Hbond substituents is 2. The average Bonchev–Trinajstić information content (AvgIpc) is 2.80. The van der Waals surface area contributed by atoms with Gasteiger partial charge in [0.25, 0.3) is 5.91 Å². The van der Waals surface area contributed by atoms with Gasteiger partial charge in [-0.05, 0) is 31.0 Å². The summed E-state index contributed by atoms with van der Waals surface area (Å²) in [6.07, 6.45) is 1.88. The third kappa shape index (κ3) is 2.78. The van der Waals surface area contributed by atoms with Gasteiger partial charge in [-0.25, -0.2) is 0 Å². The Kier molecular flexibility index (Phi) is 3.59. The standard InChI is InChI=1S/C13H15NO5/c15-7-4-5-11(16)9(6-7)12(17)14-10-3-1-2-8(10)13(18)19/h4-6,8,10,15-16H,1-3H2,(H,14,17)(H,18,19). The molecule has 2 rings (SSSR count). The highest BCUT2D eigenvalue weighted by Gasteiger charge is 2.34. The van der Waals surface area contributed by atoms with Gasteiger partial charge in [-0.2, -0.15) is 0 Å². The largest absolute Gasteiger partial charge is 0.508 e. The molecule has 2 unspecified atom stereocenters. The Bertz CT molecular complexity index is 514. The van der Waals surface area contributed by atoms with Crippen LogP contribution in [0.1, 0.15) is 29.6 Å². The monoisotopic (exact) mass is 265 g/mol. The molecule has 0 aromatic heterocycles. The summed E-state index contributed by atoms with van der Waals surface area (Å²) in [7, 11) is 0. The summed E-state index contributed by atoms with van der Waals surface area (Å²) in [5.74, 6) is -2.48. The Morgan fingerprint density at radius 1 is 1.21 bits per heavy atom. The van der Waals surface area contributed by atoms with Crippen molar-refractivity contribution in [2.24, 2.45) is 5.92 Å². The highest BCUT2D eigenvalue weighted by Crippen LogP contribution is 2.27. The fourth-order valence-corrected chi connectivity index (χ4v) is 2.38. The minimum absolute atomic E-state index is 0.0592. The van der Waals surface area contributed by atoms with Crippen molar-refractivity contribution >= 4 is 11.9 Å². The van der Waals surface area contributed by atoms with E-state index < -0.39 is 23.8 Å². The number of hydrogen-bond acceptors (Lipinski definition) is 4. The van der Waals surface area contributed by atoms with Gasteiger partial charge in [0.2, 0.25) is 0 Å². The van der Waals surface area contributed by atoms with E-state index in [0.717, 1.165) is 12.5 Å². The SMILES string of the molecule is O=C(NC1CCCC1C(=O)O)c1cc(O)ccc1O. The Morgan fingerprint density at radius 2 is 1.95 bits per heavy atom. The van der Waals surface area contributed by atoms with E-state index in [-0.39, 0.29) is 17.1 Å². The van der Waals surface area contributed by atoms with Crippen molar-refractivity contribution in [3.8, 4) is 11.5 Å². The second kappa shape index (κ2) is 5.17. The molecule has 0 bridgehead atoms. The zero-order valence-corrected chi connectivity index (χ0v) is 10.2. The van der Waals surface area contributed by atoms with Crippen molar-refractivity contribution < 1.29 is 24.9 Å². The first kappa shape index (κ1) is 13.2. The van der Waals surface area contributed by atoms with Gasteiger partial charge in [0.15, 0.2) is 0 Å². The fourth-order valence-electron chi connectivity index (χ4n) is 2.38. The molecule has 6 nitrogen and oxygen atoms in total. The molecule has 0 heterocycles. The lowest BCUT2D eigenvalue weighted by Crippen LogP contribution is -2.40. The molecule has 1 aliphatic carbocycles. The predicted octanol–water partition coefficient (Wildman–Crippen LogP) is 1.08. The molecule has 0 radical (unpaired) electrons. The number of carboxylic acids is 1. The molecule has 4 N–H and O–H groups in total. The number of benzene rings is 1. The summed E-state index contributed by atoms with van der Waals surface area (Å²) in [5, 5.41) is 30.5. The normalized spacial score (nSPS) is 22.1. The molecule has 0 aliphatic heterocycles. The maximum atomic E-state index is 12.0. The Hall–Kier alpha value is -2.24. The quantitative estimate of drug-likeness (QED) is 0.612. The number of amides is 1. The summed E-state index contributed by atoms with van der Waals surface area (Å²) < 4.78 is 0. The molecular weight excluding hydrogens is 250 g/mol. The van der Waals surface area contributed by atoms with Crippen LogP contribution < -0.4 is 5.32 Å². The van der Waals surface area contributed by atoms with Crippen LogP contribution in [-0.2, 0) is 4.79 Å². The molecule has 6 heteroatoms. The molecule has 0 saturated heterocycles. The highest BCUT2D eigenvalue weighted by molar-refractivity contribution is 5.97. The summed E-state index contributed by atoms with van der Waals surface area (Å²) in [4.78, 5) is 23.0. The summed E-state index contributed by atoms with van der Waals surface area (Å²) >= 11 is 0. The topological polar surface area (TPSA) is 107 Å². The summed E-state index contributed by atoms with van der Waals surface area (Å²) in [6.45, 7) is 0. The first-order chi connectivity index (χ1) is 8.99. The fraction of sp³-hybridized carbons (Fsp3) is 0.385. The van der Waals surface area contributed by atoms with Crippen LogP contribution in [0.25, 0.3) is 0 Å². The number of carboxylic acid groups (broad SMARTS) is 1. The summed E-state index contributed by atoms with van der Waals surface area (Å²) in [6, 6.07) is 3.19. The Balaban J connectivity index is 2.12. The van der Waals surface area contributed by atoms with Gasteiger partial charge in [0.1, 0.15) is 11.5 Å². The number of aromatic hydroxyl groups is 2. The molecule has 0 spiro atoms. The van der Waals surface area contributed by atoms with E-state index in [1.165, 1.54) is 12.1 Å². The maximum Gasteiger partial charge on any atom is 0.308 e. The van der Waals surface area contributed by atoms with E-state index in [0.29, 0.717) is 12.8 Å². The zero-order valence-electron chi connectivity index (χ0n) is 10.2. The van der Waals surface area contributed by atoms with Crippen LogP contribution in [0.4, 0.5) is 0 Å². The molecule has 1 aromatic carbocycles. The van der Waals surface area contributed by atoms with Crippen molar-refractivity contribution in [2.45, 2.75) is 25.3 Å². The van der Waals surface area contributed by atoms with Crippen LogP contribution in [0.2, 0.25) is 0 Å². The minimum Gasteiger partial charge on any atom is -0.508 e. The van der Waals surface area contributed by atoms with E-state index in [1.54, 1.807) is 0 Å². The van der Waals surface area contributed by atoms with E-state index >= 15 is 0 Å². The van der Waals surface area contributed by atoms with Gasteiger partial charge in [-0.3, -0.25) is 9.59 Å². The first-order valence-corrected chi connectivity index (χ1v) is 6.04. The molecular formula is C13H15NO5. The molecule has 1 aromatic rings. The van der Waals surface area contributed by atoms with Crippen LogP contribution in [0, 0.1) is 5.92 Å². The lowest BCUT2D eigenvalue weighted by molar-refractivity contribution is -0.142. The third-order valence-electron chi connectivity index (χ3n) is 3.37. The molecule has 1 aliphatic rings. The van der Waals surface area contributed by atoms with Crippen LogP contribution in [0.15, 0.2) is 18.2 Å². The van der Waals surface area contributed by atoms with Crippen LogP contribution in [0.3, 0.4) is 0 Å². The molecule has 1 amide bonds. The van der Waals surface area contributed by atoms with E-state index in [4.69, 9.17) is 5.11 Å². The van der Waals surface area contributed by atoms with Gasteiger partial charge in [-0.15, -0.1) is 0 Å². The van der Waals surface area contributed by atoms with Crippen LogP contribution in [-0.4, -0.2) is 33.2 Å². The lowest BCUT2D eigenvalue weighted by Gasteiger charge is -2.17. The second-order valence-electron chi connectivity index (χ2n) is 4.66. The number of phenols is 2. The lowest BCUT2D eigenvalue weighted by atomic mass is 10.0. The number of rotatable bonds is 3. The number of nitrogens with one attached hydrogen (secondary N) is 1. The predicted molar refractivity (Wildman–Crippen MR) is 66.0 cm³/mol. The van der Waals surface area contributed by atoms with E-state index in [1.807, 2.05) is 0 Å². The van der Waals surface area contributed by atoms with Gasteiger partial charge >= 0.3 is 5.97 Å². The van der Waals surface area contributed by atoms with Crippen molar-refractivity contribution in [3.05, 3.63) is 23.8 Å². The minimum atomic E-state index is -0.928. The van der Waals surface area contributed by atoms with Crippen molar-refractivity contribution in [2.75, 3.05) is 0 Å². The Morgan fingerprint density at radius 3 is 2.63 bits per heavy atom. The first-order valence-electron chi connectivity index (χ1n) is 6.04. The van der Waals surface area contributed by atoms with Gasteiger partial charge in [0.05, 0.1) is 11.5 Å². The number of carbonyl (C=O) groups is 2. The molecule has 102 valence electrons. The van der Waals surface area contributed by atoms with Crippen LogP contribution >= 0.6 is 0 Å². The smallest absolute Gasteiger partial charge is 0.308 e. The van der Waals surface area contributed by atoms with Crippen molar-refractivity contribution in [1.29, 1.82) is 0 Å². The van der Waals surface area contributed by atoms with Crippen LogP contribution in [0.5, 0.6) is 11.5 Å². The van der Waals surface area contributed by atoms with Crippen molar-refractivity contribution in [1.82, 2.24) is 5.32 Å². The van der Waals surface area contributed by atoms with Gasteiger partial charge in [-0.1, -0.05) is 6.42 Å². The molecule has 19 heavy (non-hydrogen) atoms. The third-order valence-corrected chi connectivity index (χ3v) is 3.37.